The summed E-state index contributed by atoms with van der Waals surface area (Å²) < 4.78 is 21.1. The lowest BCUT2D eigenvalue weighted by atomic mass is 10.1. The average molecular weight is 330 g/mol. The molecule has 0 N–H and O–H groups in total. The fourth-order valence-corrected chi connectivity index (χ4v) is 1.84. The molecule has 0 saturated heterocycles. The maximum Gasteiger partial charge on any atom is 0.333 e. The van der Waals surface area contributed by atoms with E-state index >= 15 is 0 Å². The van der Waals surface area contributed by atoms with Crippen molar-refractivity contribution in [1.82, 2.24) is 0 Å². The number of carbonyl (C=O) groups is 1. The van der Waals surface area contributed by atoms with E-state index in [2.05, 4.69) is 13.5 Å². The highest BCUT2D eigenvalue weighted by molar-refractivity contribution is 5.86. The SMILES string of the molecule is C=C(C)C(=O)OCCOCCOCCOCCCCCCCC. The molecular weight excluding hydrogens is 296 g/mol. The maximum absolute atomic E-state index is 11.1. The van der Waals surface area contributed by atoms with Gasteiger partial charge in [0.1, 0.15) is 6.61 Å². The van der Waals surface area contributed by atoms with Crippen molar-refractivity contribution in [2.75, 3.05) is 46.2 Å². The second kappa shape index (κ2) is 17.4. The first-order valence-electron chi connectivity index (χ1n) is 8.74. The van der Waals surface area contributed by atoms with Crippen LogP contribution in [0.4, 0.5) is 0 Å². The molecule has 0 atom stereocenters. The highest BCUT2D eigenvalue weighted by atomic mass is 16.6. The summed E-state index contributed by atoms with van der Waals surface area (Å²) in [5.74, 6) is -0.382. The largest absolute Gasteiger partial charge is 0.460 e. The van der Waals surface area contributed by atoms with Crippen LogP contribution in [-0.4, -0.2) is 52.2 Å². The minimum absolute atomic E-state index is 0.243. The molecule has 0 aliphatic heterocycles. The van der Waals surface area contributed by atoms with Crippen molar-refractivity contribution >= 4 is 5.97 Å². The summed E-state index contributed by atoms with van der Waals surface area (Å²) in [4.78, 5) is 11.1. The molecule has 0 heterocycles. The summed E-state index contributed by atoms with van der Waals surface area (Å²) in [5.41, 5.74) is 0.397. The topological polar surface area (TPSA) is 54.0 Å². The van der Waals surface area contributed by atoms with E-state index in [-0.39, 0.29) is 12.6 Å². The first kappa shape index (κ1) is 22.1. The second-order valence-corrected chi connectivity index (χ2v) is 5.52. The predicted molar refractivity (Wildman–Crippen MR) is 91.6 cm³/mol. The molecule has 0 spiro atoms. The van der Waals surface area contributed by atoms with E-state index in [1.54, 1.807) is 6.92 Å². The van der Waals surface area contributed by atoms with Gasteiger partial charge in [-0.05, 0) is 13.3 Å². The van der Waals surface area contributed by atoms with Crippen LogP contribution in [0.15, 0.2) is 12.2 Å². The molecule has 23 heavy (non-hydrogen) atoms. The lowest BCUT2D eigenvalue weighted by molar-refractivity contribution is -0.140. The zero-order chi connectivity index (χ0) is 17.2. The Morgan fingerprint density at radius 3 is 1.78 bits per heavy atom. The van der Waals surface area contributed by atoms with Gasteiger partial charge < -0.3 is 18.9 Å². The van der Waals surface area contributed by atoms with Crippen LogP contribution in [0.5, 0.6) is 0 Å². The van der Waals surface area contributed by atoms with Crippen LogP contribution in [0.25, 0.3) is 0 Å². The van der Waals surface area contributed by atoms with Gasteiger partial charge in [0.15, 0.2) is 0 Å². The van der Waals surface area contributed by atoms with E-state index in [0.29, 0.717) is 38.6 Å². The van der Waals surface area contributed by atoms with Gasteiger partial charge in [-0.1, -0.05) is 45.6 Å². The van der Waals surface area contributed by atoms with Gasteiger partial charge in [-0.15, -0.1) is 0 Å². The number of hydrogen-bond donors (Lipinski definition) is 0. The second-order valence-electron chi connectivity index (χ2n) is 5.52. The minimum atomic E-state index is -0.382. The fourth-order valence-electron chi connectivity index (χ4n) is 1.84. The van der Waals surface area contributed by atoms with Gasteiger partial charge in [0, 0.05) is 12.2 Å². The molecule has 0 aromatic carbocycles. The molecular formula is C18H34O5. The molecule has 136 valence electrons. The molecule has 0 aliphatic carbocycles. The number of esters is 1. The first-order valence-corrected chi connectivity index (χ1v) is 8.74. The van der Waals surface area contributed by atoms with Crippen molar-refractivity contribution in [2.24, 2.45) is 0 Å². The third-order valence-corrected chi connectivity index (χ3v) is 3.20. The maximum atomic E-state index is 11.1. The normalized spacial score (nSPS) is 10.7. The zero-order valence-corrected chi connectivity index (χ0v) is 14.9. The van der Waals surface area contributed by atoms with Crippen molar-refractivity contribution in [3.05, 3.63) is 12.2 Å². The molecule has 0 amide bonds. The smallest absolute Gasteiger partial charge is 0.333 e. The monoisotopic (exact) mass is 330 g/mol. The van der Waals surface area contributed by atoms with Crippen LogP contribution in [0.2, 0.25) is 0 Å². The summed E-state index contributed by atoms with van der Waals surface area (Å²) in [7, 11) is 0. The van der Waals surface area contributed by atoms with Crippen molar-refractivity contribution < 1.29 is 23.7 Å². The van der Waals surface area contributed by atoms with E-state index in [9.17, 15) is 4.79 Å². The molecule has 0 rings (SSSR count). The van der Waals surface area contributed by atoms with Crippen LogP contribution < -0.4 is 0 Å². The molecule has 0 unspecified atom stereocenters. The van der Waals surface area contributed by atoms with Crippen LogP contribution in [0, 0.1) is 0 Å². The van der Waals surface area contributed by atoms with Crippen molar-refractivity contribution in [2.45, 2.75) is 52.4 Å². The molecule has 0 saturated carbocycles. The first-order chi connectivity index (χ1) is 11.2. The van der Waals surface area contributed by atoms with Crippen LogP contribution in [-0.2, 0) is 23.7 Å². The van der Waals surface area contributed by atoms with E-state index in [4.69, 9.17) is 18.9 Å². The van der Waals surface area contributed by atoms with E-state index < -0.39 is 0 Å². The van der Waals surface area contributed by atoms with Gasteiger partial charge in [-0.2, -0.15) is 0 Å². The van der Waals surface area contributed by atoms with Crippen molar-refractivity contribution in [3.63, 3.8) is 0 Å². The number of hydrogen-bond acceptors (Lipinski definition) is 5. The van der Waals surface area contributed by atoms with Crippen LogP contribution >= 0.6 is 0 Å². The molecule has 0 aliphatic rings. The molecule has 0 bridgehead atoms. The van der Waals surface area contributed by atoms with Crippen molar-refractivity contribution in [3.8, 4) is 0 Å². The Kier molecular flexibility index (Phi) is 16.8. The summed E-state index contributed by atoms with van der Waals surface area (Å²) in [6, 6.07) is 0. The highest BCUT2D eigenvalue weighted by Gasteiger charge is 2.01. The van der Waals surface area contributed by atoms with Crippen LogP contribution in [0.1, 0.15) is 52.4 Å². The van der Waals surface area contributed by atoms with E-state index in [1.807, 2.05) is 0 Å². The molecule has 0 aromatic heterocycles. The van der Waals surface area contributed by atoms with E-state index in [0.717, 1.165) is 13.0 Å². The van der Waals surface area contributed by atoms with Gasteiger partial charge in [0.05, 0.1) is 33.0 Å². The Bertz CT molecular complexity index is 291. The molecule has 0 aromatic rings. The Hall–Kier alpha value is -0.910. The van der Waals surface area contributed by atoms with Crippen LogP contribution in [0.3, 0.4) is 0 Å². The third-order valence-electron chi connectivity index (χ3n) is 3.20. The van der Waals surface area contributed by atoms with Gasteiger partial charge in [-0.25, -0.2) is 4.79 Å². The van der Waals surface area contributed by atoms with Gasteiger partial charge in [0.2, 0.25) is 0 Å². The summed E-state index contributed by atoms with van der Waals surface area (Å²) in [5, 5.41) is 0. The van der Waals surface area contributed by atoms with E-state index in [1.165, 1.54) is 32.1 Å². The third kappa shape index (κ3) is 17.3. The quantitative estimate of drug-likeness (QED) is 0.232. The number of unbranched alkanes of at least 4 members (excludes halogenated alkanes) is 5. The minimum Gasteiger partial charge on any atom is -0.460 e. The molecule has 0 fully saturated rings. The Morgan fingerprint density at radius 2 is 1.22 bits per heavy atom. The van der Waals surface area contributed by atoms with Gasteiger partial charge in [-0.3, -0.25) is 0 Å². The van der Waals surface area contributed by atoms with Crippen molar-refractivity contribution in [1.29, 1.82) is 0 Å². The number of ether oxygens (including phenoxy) is 4. The fraction of sp³-hybridized carbons (Fsp3) is 0.833. The van der Waals surface area contributed by atoms with Gasteiger partial charge in [0.25, 0.3) is 0 Å². The van der Waals surface area contributed by atoms with Gasteiger partial charge >= 0.3 is 5.97 Å². The Balaban J connectivity index is 3.05. The summed E-state index contributed by atoms with van der Waals surface area (Å²) >= 11 is 0. The zero-order valence-electron chi connectivity index (χ0n) is 14.9. The predicted octanol–water partition coefficient (Wildman–Crippen LogP) is 3.52. The Labute approximate surface area is 141 Å². The standard InChI is InChI=1S/C18H34O5/c1-4-5-6-7-8-9-10-20-11-12-21-13-14-22-15-16-23-18(19)17(2)3/h2,4-16H2,1,3H3. The lowest BCUT2D eigenvalue weighted by Gasteiger charge is -2.07. The number of rotatable bonds is 17. The highest BCUT2D eigenvalue weighted by Crippen LogP contribution is 2.04. The summed E-state index contributed by atoms with van der Waals surface area (Å²) in [6.07, 6.45) is 7.67. The number of carbonyl (C=O) groups excluding carboxylic acids is 1. The molecule has 5 heteroatoms. The average Bonchev–Trinajstić information content (AvgIpc) is 2.54. The lowest BCUT2D eigenvalue weighted by Crippen LogP contribution is -2.14. The molecule has 0 radical (unpaired) electrons. The Morgan fingerprint density at radius 1 is 0.739 bits per heavy atom. The summed E-state index contributed by atoms with van der Waals surface area (Å²) in [6.45, 7) is 11.0. The molecule has 5 nitrogen and oxygen atoms in total.